The first kappa shape index (κ1) is 14.3. The Hall–Kier alpha value is -2.62. The molecule has 0 aliphatic rings. The number of anilines is 1. The Kier molecular flexibility index (Phi) is 3.67. The van der Waals surface area contributed by atoms with E-state index in [0.717, 1.165) is 27.7 Å². The number of aromatic amines is 1. The van der Waals surface area contributed by atoms with Gasteiger partial charge in [0.25, 0.3) is 0 Å². The number of H-pyrrole nitrogens is 1. The molecule has 0 bridgehead atoms. The maximum absolute atomic E-state index is 13.3. The first-order valence-corrected chi connectivity index (χ1v) is 7.17. The summed E-state index contributed by atoms with van der Waals surface area (Å²) in [6.07, 6.45) is 0.256. The van der Waals surface area contributed by atoms with Crippen molar-refractivity contribution < 1.29 is 9.18 Å². The lowest BCUT2D eigenvalue weighted by Gasteiger charge is -2.08. The molecule has 0 aliphatic heterocycles. The lowest BCUT2D eigenvalue weighted by molar-refractivity contribution is -0.115. The summed E-state index contributed by atoms with van der Waals surface area (Å²) in [4.78, 5) is 15.6. The summed E-state index contributed by atoms with van der Waals surface area (Å²) in [5, 5.41) is 3.84. The highest BCUT2D eigenvalue weighted by Crippen LogP contribution is 2.23. The van der Waals surface area contributed by atoms with Crippen molar-refractivity contribution in [2.75, 3.05) is 5.32 Å². The number of benzene rings is 2. The molecule has 0 radical (unpaired) electrons. The number of aryl methyl sites for hydroxylation is 2. The van der Waals surface area contributed by atoms with Gasteiger partial charge in [-0.1, -0.05) is 24.3 Å². The van der Waals surface area contributed by atoms with Gasteiger partial charge < -0.3 is 10.3 Å². The zero-order chi connectivity index (χ0) is 15.7. The number of hydrogen-bond donors (Lipinski definition) is 2. The van der Waals surface area contributed by atoms with Crippen LogP contribution in [0.2, 0.25) is 0 Å². The summed E-state index contributed by atoms with van der Waals surface area (Å²) in [6.45, 7) is 3.79. The van der Waals surface area contributed by atoms with Crippen LogP contribution in [0, 0.1) is 19.7 Å². The number of fused-ring (bicyclic) bond motifs is 1. The zero-order valence-corrected chi connectivity index (χ0v) is 12.5. The predicted octanol–water partition coefficient (Wildman–Crippen LogP) is 4.11. The van der Waals surface area contributed by atoms with Crippen molar-refractivity contribution in [2.45, 2.75) is 20.3 Å². The summed E-state index contributed by atoms with van der Waals surface area (Å²) in [5.41, 5.74) is 4.33. The van der Waals surface area contributed by atoms with E-state index in [2.05, 4.69) is 10.3 Å². The van der Waals surface area contributed by atoms with E-state index in [1.165, 1.54) is 12.1 Å². The van der Waals surface area contributed by atoms with Crippen molar-refractivity contribution in [3.8, 4) is 0 Å². The van der Waals surface area contributed by atoms with Gasteiger partial charge in [0.05, 0.1) is 6.42 Å². The summed E-state index contributed by atoms with van der Waals surface area (Å²) in [5.74, 6) is -0.509. The second kappa shape index (κ2) is 5.64. The fraction of sp³-hybridized carbons (Fsp3) is 0.167. The van der Waals surface area contributed by atoms with Crippen LogP contribution in [-0.4, -0.2) is 10.9 Å². The largest absolute Gasteiger partial charge is 0.358 e. The minimum atomic E-state index is -0.357. The first-order chi connectivity index (χ1) is 10.5. The van der Waals surface area contributed by atoms with Crippen LogP contribution in [0.15, 0.2) is 42.5 Å². The van der Waals surface area contributed by atoms with Crippen LogP contribution in [0.5, 0.6) is 0 Å². The lowest BCUT2D eigenvalue weighted by Crippen LogP contribution is -2.15. The summed E-state index contributed by atoms with van der Waals surface area (Å²) >= 11 is 0. The van der Waals surface area contributed by atoms with Gasteiger partial charge in [-0.05, 0) is 43.2 Å². The van der Waals surface area contributed by atoms with Gasteiger partial charge in [0.2, 0.25) is 5.91 Å². The third kappa shape index (κ3) is 2.72. The Labute approximate surface area is 128 Å². The second-order valence-electron chi connectivity index (χ2n) is 5.46. The van der Waals surface area contributed by atoms with Crippen LogP contribution < -0.4 is 5.32 Å². The maximum atomic E-state index is 13.3. The molecule has 3 nitrogen and oxygen atoms in total. The molecule has 3 aromatic rings. The number of hydrogen-bond acceptors (Lipinski definition) is 1. The Morgan fingerprint density at radius 1 is 1.18 bits per heavy atom. The number of para-hydroxylation sites is 1. The topological polar surface area (TPSA) is 44.9 Å². The van der Waals surface area contributed by atoms with Crippen LogP contribution in [0.25, 0.3) is 10.9 Å². The standard InChI is InChI=1S/C18H17FN2O/c1-11-7-8-13(19)9-17(11)21-18(22)10-15-12(2)20-16-6-4-3-5-14(15)16/h3-9,20H,10H2,1-2H3,(H,21,22). The van der Waals surface area contributed by atoms with Crippen molar-refractivity contribution >= 4 is 22.5 Å². The van der Waals surface area contributed by atoms with Crippen molar-refractivity contribution in [3.05, 3.63) is 65.1 Å². The molecule has 0 saturated heterocycles. The van der Waals surface area contributed by atoms with E-state index in [9.17, 15) is 9.18 Å². The van der Waals surface area contributed by atoms with Gasteiger partial charge in [-0.25, -0.2) is 4.39 Å². The highest BCUT2D eigenvalue weighted by Gasteiger charge is 2.13. The van der Waals surface area contributed by atoms with Crippen LogP contribution in [0.4, 0.5) is 10.1 Å². The fourth-order valence-corrected chi connectivity index (χ4v) is 2.65. The van der Waals surface area contributed by atoms with Crippen LogP contribution in [0.1, 0.15) is 16.8 Å². The number of carbonyl (C=O) groups is 1. The molecule has 1 aromatic heterocycles. The van der Waals surface area contributed by atoms with E-state index < -0.39 is 0 Å². The van der Waals surface area contributed by atoms with E-state index in [0.29, 0.717) is 5.69 Å². The van der Waals surface area contributed by atoms with Crippen molar-refractivity contribution in [1.82, 2.24) is 4.98 Å². The molecule has 2 N–H and O–H groups in total. The third-order valence-electron chi connectivity index (χ3n) is 3.84. The molecule has 0 saturated carbocycles. The quantitative estimate of drug-likeness (QED) is 0.750. The van der Waals surface area contributed by atoms with Gasteiger partial charge in [0.15, 0.2) is 0 Å². The van der Waals surface area contributed by atoms with Gasteiger partial charge in [-0.3, -0.25) is 4.79 Å². The SMILES string of the molecule is Cc1ccc(F)cc1NC(=O)Cc1c(C)[nH]c2ccccc12. The normalized spacial score (nSPS) is 10.9. The van der Waals surface area contributed by atoms with E-state index in [1.54, 1.807) is 6.07 Å². The fourth-order valence-electron chi connectivity index (χ4n) is 2.65. The Morgan fingerprint density at radius 3 is 2.77 bits per heavy atom. The molecule has 3 rings (SSSR count). The van der Waals surface area contributed by atoms with Crippen molar-refractivity contribution in [3.63, 3.8) is 0 Å². The van der Waals surface area contributed by atoms with E-state index in [4.69, 9.17) is 0 Å². The molecule has 22 heavy (non-hydrogen) atoms. The lowest BCUT2D eigenvalue weighted by atomic mass is 10.1. The smallest absolute Gasteiger partial charge is 0.228 e. The number of aromatic nitrogens is 1. The number of rotatable bonds is 3. The molecule has 2 aromatic carbocycles. The zero-order valence-electron chi connectivity index (χ0n) is 12.5. The highest BCUT2D eigenvalue weighted by atomic mass is 19.1. The first-order valence-electron chi connectivity index (χ1n) is 7.17. The molecule has 1 heterocycles. The third-order valence-corrected chi connectivity index (χ3v) is 3.84. The molecule has 0 unspecified atom stereocenters. The summed E-state index contributed by atoms with van der Waals surface area (Å²) < 4.78 is 13.3. The molecule has 0 atom stereocenters. The minimum Gasteiger partial charge on any atom is -0.358 e. The number of nitrogens with one attached hydrogen (secondary N) is 2. The van der Waals surface area contributed by atoms with Crippen LogP contribution in [-0.2, 0) is 11.2 Å². The van der Waals surface area contributed by atoms with Gasteiger partial charge in [-0.2, -0.15) is 0 Å². The maximum Gasteiger partial charge on any atom is 0.228 e. The monoisotopic (exact) mass is 296 g/mol. The molecular formula is C18H17FN2O. The van der Waals surface area contributed by atoms with Gasteiger partial charge in [0.1, 0.15) is 5.82 Å². The predicted molar refractivity (Wildman–Crippen MR) is 86.5 cm³/mol. The Bertz CT molecular complexity index is 851. The molecule has 4 heteroatoms. The highest BCUT2D eigenvalue weighted by molar-refractivity contribution is 5.96. The van der Waals surface area contributed by atoms with E-state index >= 15 is 0 Å². The number of halogens is 1. The van der Waals surface area contributed by atoms with Gasteiger partial charge in [-0.15, -0.1) is 0 Å². The Balaban J connectivity index is 1.84. The number of amides is 1. The average molecular weight is 296 g/mol. The molecular weight excluding hydrogens is 279 g/mol. The minimum absolute atomic E-state index is 0.151. The molecule has 0 aliphatic carbocycles. The summed E-state index contributed by atoms with van der Waals surface area (Å²) in [7, 11) is 0. The van der Waals surface area contributed by atoms with Gasteiger partial charge >= 0.3 is 0 Å². The molecule has 0 fully saturated rings. The van der Waals surface area contributed by atoms with E-state index in [-0.39, 0.29) is 18.1 Å². The molecule has 112 valence electrons. The second-order valence-corrected chi connectivity index (χ2v) is 5.46. The molecule has 0 spiro atoms. The van der Waals surface area contributed by atoms with Crippen molar-refractivity contribution in [2.24, 2.45) is 0 Å². The van der Waals surface area contributed by atoms with Gasteiger partial charge in [0, 0.05) is 22.3 Å². The Morgan fingerprint density at radius 2 is 1.95 bits per heavy atom. The summed E-state index contributed by atoms with van der Waals surface area (Å²) in [6, 6.07) is 12.3. The average Bonchev–Trinajstić information content (AvgIpc) is 2.79. The van der Waals surface area contributed by atoms with Crippen LogP contribution in [0.3, 0.4) is 0 Å². The number of carbonyl (C=O) groups excluding carboxylic acids is 1. The van der Waals surface area contributed by atoms with Crippen molar-refractivity contribution in [1.29, 1.82) is 0 Å². The van der Waals surface area contributed by atoms with Crippen LogP contribution >= 0.6 is 0 Å². The molecule has 1 amide bonds. The van der Waals surface area contributed by atoms with E-state index in [1.807, 2.05) is 38.1 Å².